The number of carboxylic acid groups (broad SMARTS) is 1. The van der Waals surface area contributed by atoms with Crippen molar-refractivity contribution in [2.24, 2.45) is 5.92 Å². The highest BCUT2D eigenvalue weighted by Crippen LogP contribution is 2.47. The number of halogens is 1. The van der Waals surface area contributed by atoms with Crippen molar-refractivity contribution in [1.29, 1.82) is 0 Å². The summed E-state index contributed by atoms with van der Waals surface area (Å²) in [5, 5.41) is 15.5. The second kappa shape index (κ2) is 13.4. The summed E-state index contributed by atoms with van der Waals surface area (Å²) < 4.78 is 25.5. The van der Waals surface area contributed by atoms with Gasteiger partial charge in [-0.2, -0.15) is 0 Å². The topological polar surface area (TPSA) is 155 Å². The zero-order chi connectivity index (χ0) is 33.2. The molecule has 1 aliphatic carbocycles. The molecule has 5 atom stereocenters. The van der Waals surface area contributed by atoms with Crippen LogP contribution in [-0.2, 0) is 36.8 Å². The van der Waals surface area contributed by atoms with Crippen molar-refractivity contribution in [2.75, 3.05) is 13.1 Å². The van der Waals surface area contributed by atoms with E-state index in [4.69, 9.17) is 9.47 Å². The van der Waals surface area contributed by atoms with Crippen LogP contribution in [0.2, 0.25) is 0 Å². The Bertz CT molecular complexity index is 1370. The molecule has 12 nitrogen and oxygen atoms in total. The highest BCUT2D eigenvalue weighted by atomic mass is 19.1. The van der Waals surface area contributed by atoms with E-state index in [0.29, 0.717) is 43.2 Å². The molecule has 3 N–H and O–H groups in total. The van der Waals surface area contributed by atoms with Crippen LogP contribution in [0.4, 0.5) is 14.0 Å². The van der Waals surface area contributed by atoms with Gasteiger partial charge in [-0.05, 0) is 69.6 Å². The Morgan fingerprint density at radius 3 is 2.52 bits per heavy atom. The highest BCUT2D eigenvalue weighted by molar-refractivity contribution is 5.96. The normalized spacial score (nSPS) is 28.8. The molecule has 2 saturated heterocycles. The third-order valence-electron chi connectivity index (χ3n) is 9.45. The Hall–Kier alpha value is -3.90. The maximum Gasteiger partial charge on any atom is 0.410 e. The van der Waals surface area contributed by atoms with Crippen LogP contribution in [-0.4, -0.2) is 87.3 Å². The Morgan fingerprint density at radius 1 is 1.09 bits per heavy atom. The number of carbonyl (C=O) groups excluding carboxylic acids is 4. The van der Waals surface area contributed by atoms with Crippen LogP contribution in [0.25, 0.3) is 0 Å². The molecule has 0 unspecified atom stereocenters. The van der Waals surface area contributed by atoms with Gasteiger partial charge in [0.15, 0.2) is 0 Å². The smallest absolute Gasteiger partial charge is 0.410 e. The van der Waals surface area contributed by atoms with Crippen LogP contribution >= 0.6 is 0 Å². The lowest BCUT2D eigenvalue weighted by molar-refractivity contribution is -0.146. The molecule has 3 fully saturated rings. The first-order valence-electron chi connectivity index (χ1n) is 16.3. The minimum absolute atomic E-state index is 0.0398. The Morgan fingerprint density at radius 2 is 1.80 bits per heavy atom. The van der Waals surface area contributed by atoms with Gasteiger partial charge in [0, 0.05) is 19.5 Å². The van der Waals surface area contributed by atoms with Gasteiger partial charge in [0.05, 0.1) is 6.54 Å². The monoisotopic (exact) mass is 644 g/mol. The van der Waals surface area contributed by atoms with Gasteiger partial charge in [-0.15, -0.1) is 0 Å². The second-order valence-corrected chi connectivity index (χ2v) is 14.0. The first-order chi connectivity index (χ1) is 21.8. The number of fused-ring (bicyclic) bond motifs is 3. The van der Waals surface area contributed by atoms with Crippen molar-refractivity contribution < 1.29 is 42.9 Å². The predicted octanol–water partition coefficient (Wildman–Crippen LogP) is 3.89. The molecule has 0 radical (unpaired) electrons. The second-order valence-electron chi connectivity index (χ2n) is 14.0. The molecule has 252 valence electrons. The van der Waals surface area contributed by atoms with E-state index in [2.05, 4.69) is 10.6 Å². The minimum atomic E-state index is -1.40. The van der Waals surface area contributed by atoms with Crippen LogP contribution in [0.5, 0.6) is 0 Å². The van der Waals surface area contributed by atoms with E-state index in [9.17, 15) is 33.5 Å². The number of rotatable bonds is 3. The van der Waals surface area contributed by atoms with Gasteiger partial charge in [0.25, 0.3) is 0 Å². The molecule has 3 aliphatic heterocycles. The van der Waals surface area contributed by atoms with Crippen molar-refractivity contribution in [3.05, 3.63) is 35.1 Å². The average molecular weight is 645 g/mol. The fourth-order valence-electron chi connectivity index (χ4n) is 6.94. The summed E-state index contributed by atoms with van der Waals surface area (Å²) >= 11 is 0. The van der Waals surface area contributed by atoms with E-state index in [1.54, 1.807) is 32.9 Å². The molecule has 1 saturated carbocycles. The Labute approximate surface area is 268 Å². The third kappa shape index (κ3) is 7.55. The highest BCUT2D eigenvalue weighted by Gasteiger charge is 2.62. The minimum Gasteiger partial charge on any atom is -0.479 e. The molecule has 13 heteroatoms. The van der Waals surface area contributed by atoms with E-state index in [1.165, 1.54) is 15.9 Å². The summed E-state index contributed by atoms with van der Waals surface area (Å²) in [6.45, 7) is 5.44. The largest absolute Gasteiger partial charge is 0.479 e. The fraction of sp³-hybridized carbons (Fsp3) is 0.667. The first kappa shape index (κ1) is 33.5. The summed E-state index contributed by atoms with van der Waals surface area (Å²) in [5.41, 5.74) is -0.943. The van der Waals surface area contributed by atoms with E-state index in [-0.39, 0.29) is 37.8 Å². The van der Waals surface area contributed by atoms with E-state index < -0.39 is 59.3 Å². The van der Waals surface area contributed by atoms with Gasteiger partial charge < -0.3 is 35.0 Å². The number of aliphatic carboxylic acids is 1. The molecule has 46 heavy (non-hydrogen) atoms. The molecule has 5 rings (SSSR count). The number of ether oxygens (including phenoxy) is 2. The zero-order valence-electron chi connectivity index (χ0n) is 26.8. The summed E-state index contributed by atoms with van der Waals surface area (Å²) in [6.07, 6.45) is 3.40. The van der Waals surface area contributed by atoms with Crippen LogP contribution in [0.1, 0.15) is 89.7 Å². The molecule has 0 bridgehead atoms. The molecular formula is C33H45FN4O8. The predicted molar refractivity (Wildman–Crippen MR) is 163 cm³/mol. The van der Waals surface area contributed by atoms with Gasteiger partial charge in [-0.25, -0.2) is 18.8 Å². The standard InChI is InChI=1S/C33H45FN4O8/c1-32(2,3)46-30(43)35-25-13-8-6-4-5-7-11-21-17-33(21,29(41)42)36-27(39)26-16-22(19-38(26)28(25)40)45-31(44)37-15-14-23-20(18-37)10-9-12-24(23)34/h9-10,12,21-22,25-26H,4-8,11,13-19H2,1-3H3,(H,35,43)(H,36,39)(H,41,42)/t21-,22-,25+,26+,33-/m1/s1. The van der Waals surface area contributed by atoms with Crippen molar-refractivity contribution in [3.8, 4) is 0 Å². The van der Waals surface area contributed by atoms with Crippen molar-refractivity contribution >= 4 is 30.0 Å². The number of carbonyl (C=O) groups is 5. The number of nitrogens with one attached hydrogen (secondary N) is 2. The number of amides is 4. The first-order valence-corrected chi connectivity index (χ1v) is 16.3. The molecule has 4 aliphatic rings. The molecule has 3 heterocycles. The van der Waals surface area contributed by atoms with Crippen LogP contribution in [0.15, 0.2) is 18.2 Å². The fourth-order valence-corrected chi connectivity index (χ4v) is 6.94. The van der Waals surface area contributed by atoms with Crippen molar-refractivity contribution in [3.63, 3.8) is 0 Å². The zero-order valence-corrected chi connectivity index (χ0v) is 26.8. The van der Waals surface area contributed by atoms with Gasteiger partial charge in [0.2, 0.25) is 11.8 Å². The number of benzene rings is 1. The number of alkyl carbamates (subject to hydrolysis) is 1. The lowest BCUT2D eigenvalue weighted by Crippen LogP contribution is -2.56. The van der Waals surface area contributed by atoms with E-state index >= 15 is 0 Å². The van der Waals surface area contributed by atoms with Gasteiger partial charge in [-0.3, -0.25) is 9.59 Å². The molecular weight excluding hydrogens is 599 g/mol. The molecule has 0 spiro atoms. The molecule has 4 amide bonds. The van der Waals surface area contributed by atoms with Crippen LogP contribution in [0, 0.1) is 11.7 Å². The van der Waals surface area contributed by atoms with Gasteiger partial charge in [-0.1, -0.05) is 44.2 Å². The lowest BCUT2D eigenvalue weighted by Gasteiger charge is -2.30. The third-order valence-corrected chi connectivity index (χ3v) is 9.45. The Kier molecular flexibility index (Phi) is 9.78. The van der Waals surface area contributed by atoms with Crippen molar-refractivity contribution in [1.82, 2.24) is 20.4 Å². The van der Waals surface area contributed by atoms with Crippen LogP contribution < -0.4 is 10.6 Å². The van der Waals surface area contributed by atoms with Gasteiger partial charge in [0.1, 0.15) is 35.1 Å². The lowest BCUT2D eigenvalue weighted by atomic mass is 9.99. The number of hydrogen-bond donors (Lipinski definition) is 3. The number of nitrogens with zero attached hydrogens (tertiary/aromatic N) is 2. The SMILES string of the molecule is CC(C)(C)OC(=O)N[C@H]1CCCCCCC[C@@H]2C[C@@]2(C(=O)O)NC(=O)[C@@H]2C[C@@H](OC(=O)N3CCc4c(F)cccc4C3)CN2C1=O. The van der Waals surface area contributed by atoms with Crippen LogP contribution in [0.3, 0.4) is 0 Å². The van der Waals surface area contributed by atoms with E-state index in [1.807, 2.05) is 0 Å². The van der Waals surface area contributed by atoms with Crippen molar-refractivity contribution in [2.45, 2.75) is 121 Å². The molecule has 1 aromatic carbocycles. The summed E-state index contributed by atoms with van der Waals surface area (Å²) in [7, 11) is 0. The molecule has 0 aromatic heterocycles. The molecule has 1 aromatic rings. The summed E-state index contributed by atoms with van der Waals surface area (Å²) in [6, 6.07) is 2.62. The number of hydrogen-bond acceptors (Lipinski definition) is 7. The number of carboxylic acids is 1. The quantitative estimate of drug-likeness (QED) is 0.448. The van der Waals surface area contributed by atoms with Gasteiger partial charge >= 0.3 is 18.2 Å². The summed E-state index contributed by atoms with van der Waals surface area (Å²) in [5.74, 6) is -2.79. The summed E-state index contributed by atoms with van der Waals surface area (Å²) in [4.78, 5) is 69.0. The van der Waals surface area contributed by atoms with E-state index in [0.717, 1.165) is 25.7 Å². The maximum atomic E-state index is 14.2. The maximum absolute atomic E-state index is 14.2. The average Bonchev–Trinajstić information content (AvgIpc) is 3.52. The Balaban J connectivity index is 1.36.